The van der Waals surface area contributed by atoms with Crippen molar-refractivity contribution in [2.45, 2.75) is 82.9 Å². The van der Waals surface area contributed by atoms with E-state index in [0.717, 1.165) is 37.2 Å². The van der Waals surface area contributed by atoms with Gasteiger partial charge in [0.05, 0.1) is 12.7 Å². The number of allylic oxidation sites excluding steroid dienone is 2. The number of hydrogen-bond donors (Lipinski definition) is 2. The van der Waals surface area contributed by atoms with Crippen molar-refractivity contribution in [1.82, 2.24) is 10.2 Å². The Morgan fingerprint density at radius 2 is 1.93 bits per heavy atom. The maximum atomic E-state index is 13.3. The summed E-state index contributed by atoms with van der Waals surface area (Å²) in [7, 11) is 0. The van der Waals surface area contributed by atoms with Gasteiger partial charge in [-0.2, -0.15) is 11.8 Å². The lowest BCUT2D eigenvalue weighted by atomic mass is 9.92. The quantitative estimate of drug-likeness (QED) is 0.329. The number of thioether (sulfide) groups is 1. The predicted molar refractivity (Wildman–Crippen MR) is 164 cm³/mol. The van der Waals surface area contributed by atoms with Crippen LogP contribution in [-0.4, -0.2) is 71.8 Å². The third kappa shape index (κ3) is 8.58. The highest BCUT2D eigenvalue weighted by Crippen LogP contribution is 2.31. The van der Waals surface area contributed by atoms with Crippen LogP contribution in [0.4, 0.5) is 0 Å². The van der Waals surface area contributed by atoms with Gasteiger partial charge in [0.2, 0.25) is 0 Å². The third-order valence-corrected chi connectivity index (χ3v) is 9.10. The summed E-state index contributed by atoms with van der Waals surface area (Å²) < 4.78 is 6.41. The monoisotopic (exact) mass is 566 g/mol. The van der Waals surface area contributed by atoms with Crippen LogP contribution in [0.2, 0.25) is 0 Å². The zero-order chi connectivity index (χ0) is 28.5. The molecule has 1 aliphatic heterocycles. The molecule has 1 saturated carbocycles. The number of carboxylic acid groups (broad SMARTS) is 1. The van der Waals surface area contributed by atoms with Crippen molar-refractivity contribution in [2.75, 3.05) is 31.7 Å². The SMILES string of the molecule is CSCCC(NC(=O)C1=CC(c2ccccc2C)C=C(CN2CC(C)CC2COC2CCCCC2)C=C1)C(=O)O. The van der Waals surface area contributed by atoms with Crippen molar-refractivity contribution in [2.24, 2.45) is 5.92 Å². The van der Waals surface area contributed by atoms with E-state index in [9.17, 15) is 14.7 Å². The molecular formula is C33H46N2O4S. The maximum absolute atomic E-state index is 13.3. The number of carbonyl (C=O) groups excluding carboxylic acids is 1. The van der Waals surface area contributed by atoms with Crippen LogP contribution in [0.25, 0.3) is 0 Å². The summed E-state index contributed by atoms with van der Waals surface area (Å²) in [6, 6.07) is 7.77. The lowest BCUT2D eigenvalue weighted by molar-refractivity contribution is -0.141. The molecule has 1 heterocycles. The maximum Gasteiger partial charge on any atom is 0.326 e. The predicted octanol–water partition coefficient (Wildman–Crippen LogP) is 5.88. The minimum absolute atomic E-state index is 0.0848. The molecule has 4 atom stereocenters. The van der Waals surface area contributed by atoms with Gasteiger partial charge in [0.15, 0.2) is 0 Å². The molecule has 4 unspecified atom stereocenters. The van der Waals surface area contributed by atoms with Crippen molar-refractivity contribution in [3.63, 3.8) is 0 Å². The number of ether oxygens (including phenoxy) is 1. The summed E-state index contributed by atoms with van der Waals surface area (Å²) in [5.41, 5.74) is 3.99. The molecule has 218 valence electrons. The van der Waals surface area contributed by atoms with E-state index in [1.165, 1.54) is 37.7 Å². The van der Waals surface area contributed by atoms with E-state index in [-0.39, 0.29) is 11.8 Å². The van der Waals surface area contributed by atoms with Gasteiger partial charge >= 0.3 is 5.97 Å². The summed E-state index contributed by atoms with van der Waals surface area (Å²) >= 11 is 1.57. The molecule has 2 aliphatic carbocycles. The first kappa shape index (κ1) is 30.6. The Morgan fingerprint density at radius 3 is 2.65 bits per heavy atom. The standard InChI is InChI=1S/C33H46N2O4S/c1-23-17-28(22-39-29-10-5-4-6-11-29)35(20-23)21-25-13-14-26(32(36)34-31(33(37)38)15-16-40-3)19-27(18-25)30-12-8-7-9-24(30)2/h7-9,12-14,18-19,23,27-29,31H,4-6,10-11,15-17,20-22H2,1-3H3,(H,34,36)(H,37,38). The molecule has 4 rings (SSSR count). The van der Waals surface area contributed by atoms with Crippen molar-refractivity contribution in [3.05, 3.63) is 70.8 Å². The smallest absolute Gasteiger partial charge is 0.326 e. The number of aliphatic carboxylic acids is 1. The highest BCUT2D eigenvalue weighted by Gasteiger charge is 2.31. The van der Waals surface area contributed by atoms with Crippen LogP contribution in [0.5, 0.6) is 0 Å². The third-order valence-electron chi connectivity index (χ3n) is 8.45. The molecule has 7 heteroatoms. The lowest BCUT2D eigenvalue weighted by Crippen LogP contribution is -2.41. The largest absolute Gasteiger partial charge is 0.480 e. The van der Waals surface area contributed by atoms with Crippen LogP contribution in [-0.2, 0) is 14.3 Å². The van der Waals surface area contributed by atoms with Crippen LogP contribution in [0, 0.1) is 12.8 Å². The average molecular weight is 567 g/mol. The van der Waals surface area contributed by atoms with Gasteiger partial charge < -0.3 is 15.2 Å². The van der Waals surface area contributed by atoms with Gasteiger partial charge in [-0.3, -0.25) is 9.69 Å². The average Bonchev–Trinajstić information content (AvgIpc) is 3.15. The zero-order valence-electron chi connectivity index (χ0n) is 24.3. The Morgan fingerprint density at radius 1 is 1.15 bits per heavy atom. The fourth-order valence-electron chi connectivity index (χ4n) is 6.23. The molecule has 40 heavy (non-hydrogen) atoms. The van der Waals surface area contributed by atoms with Gasteiger partial charge in [0, 0.05) is 30.6 Å². The number of carboxylic acids is 1. The van der Waals surface area contributed by atoms with Gasteiger partial charge in [0.1, 0.15) is 6.04 Å². The normalized spacial score (nSPS) is 24.7. The lowest BCUT2D eigenvalue weighted by Gasteiger charge is -2.28. The first-order valence-electron chi connectivity index (χ1n) is 14.9. The van der Waals surface area contributed by atoms with E-state index in [1.54, 1.807) is 11.8 Å². The van der Waals surface area contributed by atoms with E-state index in [4.69, 9.17) is 4.74 Å². The minimum atomic E-state index is -1.00. The topological polar surface area (TPSA) is 78.9 Å². The number of amides is 1. The highest BCUT2D eigenvalue weighted by atomic mass is 32.2. The fourth-order valence-corrected chi connectivity index (χ4v) is 6.70. The molecule has 2 fully saturated rings. The molecule has 3 aliphatic rings. The minimum Gasteiger partial charge on any atom is -0.480 e. The molecular weight excluding hydrogens is 520 g/mol. The number of aryl methyl sites for hydroxylation is 1. The Kier molecular flexibility index (Phi) is 11.5. The Bertz CT molecular complexity index is 1110. The van der Waals surface area contributed by atoms with Gasteiger partial charge in [0.25, 0.3) is 5.91 Å². The number of likely N-dealkylation sites (tertiary alicyclic amines) is 1. The molecule has 1 aromatic rings. The number of nitrogens with zero attached hydrogens (tertiary/aromatic N) is 1. The van der Waals surface area contributed by atoms with E-state index in [1.807, 2.05) is 36.6 Å². The van der Waals surface area contributed by atoms with Gasteiger partial charge in [-0.15, -0.1) is 0 Å². The van der Waals surface area contributed by atoms with E-state index < -0.39 is 12.0 Å². The first-order chi connectivity index (χ1) is 19.3. The molecule has 0 radical (unpaired) electrons. The summed E-state index contributed by atoms with van der Waals surface area (Å²) in [5.74, 6) is -0.135. The number of rotatable bonds is 12. The van der Waals surface area contributed by atoms with Crippen molar-refractivity contribution < 1.29 is 19.4 Å². The van der Waals surface area contributed by atoms with Crippen molar-refractivity contribution in [1.29, 1.82) is 0 Å². The van der Waals surface area contributed by atoms with Crippen LogP contribution < -0.4 is 5.32 Å². The van der Waals surface area contributed by atoms with Gasteiger partial charge in [-0.25, -0.2) is 4.79 Å². The molecule has 2 N–H and O–H groups in total. The molecule has 1 aromatic carbocycles. The second kappa shape index (κ2) is 15.0. The summed E-state index contributed by atoms with van der Waals surface area (Å²) in [5, 5.41) is 12.4. The molecule has 0 aromatic heterocycles. The van der Waals surface area contributed by atoms with Gasteiger partial charge in [-0.1, -0.05) is 68.7 Å². The van der Waals surface area contributed by atoms with E-state index >= 15 is 0 Å². The Balaban J connectivity index is 1.52. The second-order valence-corrected chi connectivity index (χ2v) is 12.7. The summed E-state index contributed by atoms with van der Waals surface area (Å²) in [6.45, 7) is 7.04. The number of carbonyl (C=O) groups is 2. The molecule has 0 spiro atoms. The summed E-state index contributed by atoms with van der Waals surface area (Å²) in [6.07, 6.45) is 18.3. The zero-order valence-corrected chi connectivity index (χ0v) is 25.1. The van der Waals surface area contributed by atoms with Crippen LogP contribution in [0.15, 0.2) is 59.7 Å². The molecule has 0 bridgehead atoms. The second-order valence-electron chi connectivity index (χ2n) is 11.7. The van der Waals surface area contributed by atoms with Gasteiger partial charge in [-0.05, 0) is 73.3 Å². The number of hydrogen-bond acceptors (Lipinski definition) is 5. The number of benzene rings is 1. The summed E-state index contributed by atoms with van der Waals surface area (Å²) in [4.78, 5) is 27.7. The van der Waals surface area contributed by atoms with Crippen molar-refractivity contribution >= 4 is 23.6 Å². The molecule has 1 saturated heterocycles. The first-order valence-corrected chi connectivity index (χ1v) is 16.3. The molecule has 6 nitrogen and oxygen atoms in total. The van der Waals surface area contributed by atoms with Crippen LogP contribution in [0.1, 0.15) is 68.9 Å². The van der Waals surface area contributed by atoms with Crippen molar-refractivity contribution in [3.8, 4) is 0 Å². The fraction of sp³-hybridized carbons (Fsp3) is 0.576. The van der Waals surface area contributed by atoms with Crippen LogP contribution in [0.3, 0.4) is 0 Å². The van der Waals surface area contributed by atoms with E-state index in [0.29, 0.717) is 35.8 Å². The molecule has 1 amide bonds. The van der Waals surface area contributed by atoms with Crippen LogP contribution >= 0.6 is 11.8 Å². The Labute approximate surface area is 244 Å². The number of nitrogens with one attached hydrogen (secondary N) is 1. The highest BCUT2D eigenvalue weighted by molar-refractivity contribution is 7.98. The Hall–Kier alpha value is -2.35. The van der Waals surface area contributed by atoms with E-state index in [2.05, 4.69) is 42.3 Å².